The van der Waals surface area contributed by atoms with Crippen LogP contribution in [0.2, 0.25) is 0 Å². The number of fused-ring (bicyclic) bond motifs is 1. The van der Waals surface area contributed by atoms with E-state index in [-0.39, 0.29) is 17.9 Å². The number of rotatable bonds is 4. The van der Waals surface area contributed by atoms with Crippen LogP contribution >= 0.6 is 0 Å². The van der Waals surface area contributed by atoms with Gasteiger partial charge in [0.05, 0.1) is 29.2 Å². The number of carbonyl (C=O) groups is 1. The molecule has 1 fully saturated rings. The van der Waals surface area contributed by atoms with Crippen molar-refractivity contribution >= 4 is 22.8 Å². The SMILES string of the molecule is C[C@H](NC(=O)[C@@H]1CCCN(c2cnc3ccccc3n2)C1)c1ccccc1. The summed E-state index contributed by atoms with van der Waals surface area (Å²) < 4.78 is 0. The van der Waals surface area contributed by atoms with Crippen LogP contribution in [0.25, 0.3) is 11.0 Å². The molecule has 0 bridgehead atoms. The minimum atomic E-state index is -0.0295. The van der Waals surface area contributed by atoms with Crippen molar-refractivity contribution in [1.29, 1.82) is 0 Å². The largest absolute Gasteiger partial charge is 0.355 e. The number of nitrogens with one attached hydrogen (secondary N) is 1. The molecule has 3 aromatic rings. The van der Waals surface area contributed by atoms with Crippen molar-refractivity contribution in [2.75, 3.05) is 18.0 Å². The maximum Gasteiger partial charge on any atom is 0.225 e. The van der Waals surface area contributed by atoms with Gasteiger partial charge in [-0.05, 0) is 37.5 Å². The summed E-state index contributed by atoms with van der Waals surface area (Å²) in [6.45, 7) is 3.62. The Morgan fingerprint density at radius 3 is 2.67 bits per heavy atom. The Bertz CT molecular complexity index is 928. The number of piperidine rings is 1. The van der Waals surface area contributed by atoms with E-state index in [0.29, 0.717) is 6.54 Å². The van der Waals surface area contributed by atoms with Crippen LogP contribution in [0.1, 0.15) is 31.4 Å². The number of hydrogen-bond donors (Lipinski definition) is 1. The molecule has 1 aromatic heterocycles. The monoisotopic (exact) mass is 360 g/mol. The lowest BCUT2D eigenvalue weighted by molar-refractivity contribution is -0.125. The minimum Gasteiger partial charge on any atom is -0.355 e. The molecule has 5 heteroatoms. The van der Waals surface area contributed by atoms with Crippen molar-refractivity contribution in [1.82, 2.24) is 15.3 Å². The summed E-state index contributed by atoms with van der Waals surface area (Å²) >= 11 is 0. The van der Waals surface area contributed by atoms with E-state index in [1.165, 1.54) is 0 Å². The fraction of sp³-hybridized carbons (Fsp3) is 0.318. The van der Waals surface area contributed by atoms with Gasteiger partial charge < -0.3 is 10.2 Å². The van der Waals surface area contributed by atoms with Crippen LogP contribution in [0.15, 0.2) is 60.8 Å². The van der Waals surface area contributed by atoms with Crippen molar-refractivity contribution in [2.45, 2.75) is 25.8 Å². The summed E-state index contributed by atoms with van der Waals surface area (Å²) in [4.78, 5) is 24.2. The molecule has 0 aliphatic carbocycles. The zero-order valence-corrected chi connectivity index (χ0v) is 15.5. The molecule has 5 nitrogen and oxygen atoms in total. The summed E-state index contributed by atoms with van der Waals surface area (Å²) in [6.07, 6.45) is 3.70. The fourth-order valence-electron chi connectivity index (χ4n) is 3.66. The first-order valence-corrected chi connectivity index (χ1v) is 9.53. The van der Waals surface area contributed by atoms with Gasteiger partial charge in [-0.1, -0.05) is 42.5 Å². The lowest BCUT2D eigenvalue weighted by Crippen LogP contribution is -2.44. The molecule has 1 N–H and O–H groups in total. The van der Waals surface area contributed by atoms with Gasteiger partial charge in [0.15, 0.2) is 0 Å². The molecule has 1 saturated heterocycles. The topological polar surface area (TPSA) is 58.1 Å². The molecule has 27 heavy (non-hydrogen) atoms. The standard InChI is InChI=1S/C22H24N4O/c1-16(17-8-3-2-4-9-17)24-22(27)18-10-7-13-26(15-18)21-14-23-19-11-5-6-12-20(19)25-21/h2-6,8-9,11-12,14,16,18H,7,10,13,15H2,1H3,(H,24,27)/t16-,18+/m0/s1. The molecular weight excluding hydrogens is 336 g/mol. The van der Waals surface area contributed by atoms with E-state index in [2.05, 4.69) is 15.2 Å². The minimum absolute atomic E-state index is 0.00883. The molecule has 4 rings (SSSR count). The molecule has 1 amide bonds. The second-order valence-electron chi connectivity index (χ2n) is 7.14. The van der Waals surface area contributed by atoms with Gasteiger partial charge >= 0.3 is 0 Å². The number of nitrogens with zero attached hydrogens (tertiary/aromatic N) is 3. The van der Waals surface area contributed by atoms with Crippen molar-refractivity contribution < 1.29 is 4.79 Å². The highest BCUT2D eigenvalue weighted by atomic mass is 16.2. The quantitative estimate of drug-likeness (QED) is 0.770. The summed E-state index contributed by atoms with van der Waals surface area (Å²) in [5, 5.41) is 3.17. The second-order valence-corrected chi connectivity index (χ2v) is 7.14. The normalized spacial score (nSPS) is 18.3. The molecule has 1 aliphatic heterocycles. The highest BCUT2D eigenvalue weighted by molar-refractivity contribution is 5.80. The fourth-order valence-corrected chi connectivity index (χ4v) is 3.66. The van der Waals surface area contributed by atoms with Gasteiger partial charge in [0, 0.05) is 13.1 Å². The van der Waals surface area contributed by atoms with Crippen LogP contribution in [-0.4, -0.2) is 29.0 Å². The maximum atomic E-state index is 12.8. The molecule has 0 saturated carbocycles. The Balaban J connectivity index is 1.44. The number of benzene rings is 2. The van der Waals surface area contributed by atoms with E-state index in [9.17, 15) is 4.79 Å². The Morgan fingerprint density at radius 1 is 1.11 bits per heavy atom. The van der Waals surface area contributed by atoms with Crippen molar-refractivity contribution in [2.24, 2.45) is 5.92 Å². The average Bonchev–Trinajstić information content (AvgIpc) is 2.74. The number of hydrogen-bond acceptors (Lipinski definition) is 4. The van der Waals surface area contributed by atoms with E-state index >= 15 is 0 Å². The third kappa shape index (κ3) is 3.92. The predicted octanol–water partition coefficient (Wildman–Crippen LogP) is 3.72. The molecular formula is C22H24N4O. The van der Waals surface area contributed by atoms with E-state index < -0.39 is 0 Å². The summed E-state index contributed by atoms with van der Waals surface area (Å²) in [7, 11) is 0. The molecule has 2 aromatic carbocycles. The third-order valence-corrected chi connectivity index (χ3v) is 5.21. The second kappa shape index (κ2) is 7.74. The van der Waals surface area contributed by atoms with Crippen LogP contribution < -0.4 is 10.2 Å². The zero-order valence-electron chi connectivity index (χ0n) is 15.5. The van der Waals surface area contributed by atoms with E-state index in [1.807, 2.05) is 67.7 Å². The molecule has 2 heterocycles. The summed E-state index contributed by atoms with van der Waals surface area (Å²) in [5.41, 5.74) is 2.91. The van der Waals surface area contributed by atoms with Gasteiger partial charge in [-0.3, -0.25) is 9.78 Å². The van der Waals surface area contributed by atoms with E-state index in [4.69, 9.17) is 4.98 Å². The molecule has 1 aliphatic rings. The number of para-hydroxylation sites is 2. The first-order chi connectivity index (χ1) is 13.2. The Kier molecular flexibility index (Phi) is 5.01. The molecule has 0 spiro atoms. The van der Waals surface area contributed by atoms with Crippen LogP contribution in [0.5, 0.6) is 0 Å². The molecule has 2 atom stereocenters. The Morgan fingerprint density at radius 2 is 1.85 bits per heavy atom. The summed E-state index contributed by atoms with van der Waals surface area (Å²) in [6, 6.07) is 18.0. The first kappa shape index (κ1) is 17.5. The van der Waals surface area contributed by atoms with E-state index in [1.54, 1.807) is 0 Å². The van der Waals surface area contributed by atoms with Crippen molar-refractivity contribution in [3.8, 4) is 0 Å². The lowest BCUT2D eigenvalue weighted by Gasteiger charge is -2.33. The van der Waals surface area contributed by atoms with Crippen molar-refractivity contribution in [3.63, 3.8) is 0 Å². The lowest BCUT2D eigenvalue weighted by atomic mass is 9.96. The smallest absolute Gasteiger partial charge is 0.225 e. The van der Waals surface area contributed by atoms with Gasteiger partial charge in [0.1, 0.15) is 5.82 Å². The highest BCUT2D eigenvalue weighted by Crippen LogP contribution is 2.24. The zero-order chi connectivity index (χ0) is 18.6. The van der Waals surface area contributed by atoms with Crippen LogP contribution in [0.3, 0.4) is 0 Å². The highest BCUT2D eigenvalue weighted by Gasteiger charge is 2.27. The number of aromatic nitrogens is 2. The van der Waals surface area contributed by atoms with Crippen LogP contribution in [0, 0.1) is 5.92 Å². The van der Waals surface area contributed by atoms with Gasteiger partial charge in [0.2, 0.25) is 5.91 Å². The van der Waals surface area contributed by atoms with Crippen LogP contribution in [0.4, 0.5) is 5.82 Å². The van der Waals surface area contributed by atoms with Crippen molar-refractivity contribution in [3.05, 3.63) is 66.4 Å². The molecule has 0 radical (unpaired) electrons. The van der Waals surface area contributed by atoms with Crippen LogP contribution in [-0.2, 0) is 4.79 Å². The maximum absolute atomic E-state index is 12.8. The van der Waals surface area contributed by atoms with Gasteiger partial charge in [-0.15, -0.1) is 0 Å². The number of carbonyl (C=O) groups excluding carboxylic acids is 1. The van der Waals surface area contributed by atoms with Gasteiger partial charge in [-0.25, -0.2) is 4.98 Å². The number of amides is 1. The Labute approximate surface area is 159 Å². The molecule has 138 valence electrons. The average molecular weight is 360 g/mol. The third-order valence-electron chi connectivity index (χ3n) is 5.21. The molecule has 0 unspecified atom stereocenters. The predicted molar refractivity (Wildman–Crippen MR) is 107 cm³/mol. The Hall–Kier alpha value is -2.95. The van der Waals surface area contributed by atoms with Gasteiger partial charge in [0.25, 0.3) is 0 Å². The summed E-state index contributed by atoms with van der Waals surface area (Å²) in [5.74, 6) is 0.935. The van der Waals surface area contributed by atoms with Gasteiger partial charge in [-0.2, -0.15) is 0 Å². The van der Waals surface area contributed by atoms with E-state index in [0.717, 1.165) is 41.8 Å². The number of anilines is 1. The first-order valence-electron chi connectivity index (χ1n) is 9.53.